The van der Waals surface area contributed by atoms with Gasteiger partial charge in [0, 0.05) is 35.7 Å². The van der Waals surface area contributed by atoms with E-state index < -0.39 is 0 Å². The Hall–Kier alpha value is -2.16. The van der Waals surface area contributed by atoms with Crippen molar-refractivity contribution in [1.29, 1.82) is 0 Å². The number of aromatic amines is 1. The Morgan fingerprint density at radius 2 is 1.87 bits per heavy atom. The van der Waals surface area contributed by atoms with Crippen molar-refractivity contribution in [2.75, 3.05) is 0 Å². The molecule has 0 aliphatic rings. The average Bonchev–Trinajstić information content (AvgIpc) is 2.74. The van der Waals surface area contributed by atoms with Crippen molar-refractivity contribution in [2.45, 2.75) is 0 Å². The highest BCUT2D eigenvalue weighted by molar-refractivity contribution is 5.93. The normalized spacial score (nSPS) is 10.7. The zero-order chi connectivity index (χ0) is 10.1. The van der Waals surface area contributed by atoms with Crippen LogP contribution in [0.5, 0.6) is 0 Å². The predicted octanol–water partition coefficient (Wildman–Crippen LogP) is 2.62. The van der Waals surface area contributed by atoms with Crippen LogP contribution in [-0.2, 0) is 0 Å². The van der Waals surface area contributed by atoms with Gasteiger partial charge in [0.1, 0.15) is 5.65 Å². The highest BCUT2D eigenvalue weighted by atomic mass is 14.8. The van der Waals surface area contributed by atoms with Gasteiger partial charge in [0.15, 0.2) is 0 Å². The summed E-state index contributed by atoms with van der Waals surface area (Å²) in [6.07, 6.45) is 7.36. The topological polar surface area (TPSA) is 41.6 Å². The lowest BCUT2D eigenvalue weighted by molar-refractivity contribution is 1.32. The zero-order valence-corrected chi connectivity index (χ0v) is 8.01. The van der Waals surface area contributed by atoms with Crippen molar-refractivity contribution in [2.24, 2.45) is 0 Å². The highest BCUT2D eigenvalue weighted by Gasteiger charge is 2.04. The van der Waals surface area contributed by atoms with Gasteiger partial charge in [-0.2, -0.15) is 0 Å². The first-order valence-corrected chi connectivity index (χ1v) is 4.77. The van der Waals surface area contributed by atoms with Crippen LogP contribution in [0.4, 0.5) is 0 Å². The summed E-state index contributed by atoms with van der Waals surface area (Å²) < 4.78 is 0. The molecule has 3 rings (SSSR count). The van der Waals surface area contributed by atoms with Gasteiger partial charge in [-0.25, -0.2) is 4.98 Å². The van der Waals surface area contributed by atoms with Crippen LogP contribution in [0.2, 0.25) is 0 Å². The maximum atomic E-state index is 4.26. The number of nitrogens with zero attached hydrogens (tertiary/aromatic N) is 2. The third-order valence-corrected chi connectivity index (χ3v) is 2.44. The van der Waals surface area contributed by atoms with Gasteiger partial charge in [-0.3, -0.25) is 4.98 Å². The number of hydrogen-bond acceptors (Lipinski definition) is 2. The van der Waals surface area contributed by atoms with Crippen LogP contribution < -0.4 is 0 Å². The molecule has 1 N–H and O–H groups in total. The van der Waals surface area contributed by atoms with E-state index in [1.165, 1.54) is 5.56 Å². The second-order valence-corrected chi connectivity index (χ2v) is 3.34. The Balaban J connectivity index is 2.28. The van der Waals surface area contributed by atoms with Gasteiger partial charge < -0.3 is 4.98 Å². The van der Waals surface area contributed by atoms with Crippen molar-refractivity contribution in [3.05, 3.63) is 49.1 Å². The second kappa shape index (κ2) is 3.20. The molecule has 0 aromatic carbocycles. The van der Waals surface area contributed by atoms with Crippen LogP contribution in [0.15, 0.2) is 49.1 Å². The van der Waals surface area contributed by atoms with Crippen molar-refractivity contribution in [3.63, 3.8) is 0 Å². The Labute approximate surface area is 86.8 Å². The van der Waals surface area contributed by atoms with Crippen LogP contribution >= 0.6 is 0 Å². The molecule has 15 heavy (non-hydrogen) atoms. The summed E-state index contributed by atoms with van der Waals surface area (Å²) in [5.74, 6) is 0. The van der Waals surface area contributed by atoms with Crippen LogP contribution in [0.25, 0.3) is 22.2 Å². The summed E-state index contributed by atoms with van der Waals surface area (Å²) in [5, 5.41) is 1.14. The molecule has 0 aliphatic heterocycles. The summed E-state index contributed by atoms with van der Waals surface area (Å²) in [6, 6.07) is 8.00. The number of nitrogens with one attached hydrogen (secondary N) is 1. The maximum Gasteiger partial charge on any atom is 0.137 e. The van der Waals surface area contributed by atoms with Gasteiger partial charge in [-0.05, 0) is 29.8 Å². The van der Waals surface area contributed by atoms with E-state index in [2.05, 4.69) is 21.0 Å². The monoisotopic (exact) mass is 195 g/mol. The fourth-order valence-corrected chi connectivity index (χ4v) is 1.73. The van der Waals surface area contributed by atoms with Crippen LogP contribution in [0, 0.1) is 0 Å². The molecule has 0 aliphatic carbocycles. The summed E-state index contributed by atoms with van der Waals surface area (Å²) in [7, 11) is 0. The van der Waals surface area contributed by atoms with Crippen LogP contribution in [0.3, 0.4) is 0 Å². The largest absolute Gasteiger partial charge is 0.346 e. The molecule has 0 saturated heterocycles. The molecule has 0 fully saturated rings. The molecule has 72 valence electrons. The Bertz CT molecular complexity index is 584. The number of pyridine rings is 2. The fraction of sp³-hybridized carbons (Fsp3) is 0. The van der Waals surface area contributed by atoms with E-state index >= 15 is 0 Å². The van der Waals surface area contributed by atoms with Crippen molar-refractivity contribution in [3.8, 4) is 11.1 Å². The number of hydrogen-bond donors (Lipinski definition) is 1. The van der Waals surface area contributed by atoms with E-state index in [1.54, 1.807) is 18.6 Å². The lowest BCUT2D eigenvalue weighted by Gasteiger charge is -1.97. The zero-order valence-electron chi connectivity index (χ0n) is 8.01. The Morgan fingerprint density at radius 1 is 1.00 bits per heavy atom. The minimum Gasteiger partial charge on any atom is -0.346 e. The molecule has 0 amide bonds. The van der Waals surface area contributed by atoms with E-state index in [9.17, 15) is 0 Å². The number of H-pyrrole nitrogens is 1. The molecule has 0 atom stereocenters. The highest BCUT2D eigenvalue weighted by Crippen LogP contribution is 2.26. The first-order chi connectivity index (χ1) is 7.45. The van der Waals surface area contributed by atoms with Gasteiger partial charge in [0.25, 0.3) is 0 Å². The van der Waals surface area contributed by atoms with Crippen molar-refractivity contribution in [1.82, 2.24) is 15.0 Å². The number of aromatic nitrogens is 3. The molecule has 0 unspecified atom stereocenters. The van der Waals surface area contributed by atoms with Crippen molar-refractivity contribution < 1.29 is 0 Å². The minimum atomic E-state index is 0.921. The Morgan fingerprint density at radius 3 is 2.73 bits per heavy atom. The van der Waals surface area contributed by atoms with E-state index in [1.807, 2.05) is 24.4 Å². The summed E-state index contributed by atoms with van der Waals surface area (Å²) >= 11 is 0. The molecule has 3 heteroatoms. The molecule has 3 aromatic heterocycles. The molecular formula is C12H9N3. The van der Waals surface area contributed by atoms with Gasteiger partial charge in [0.05, 0.1) is 0 Å². The molecular weight excluding hydrogens is 186 g/mol. The molecule has 0 radical (unpaired) electrons. The lowest BCUT2D eigenvalue weighted by Crippen LogP contribution is -1.76. The quantitative estimate of drug-likeness (QED) is 0.648. The summed E-state index contributed by atoms with van der Waals surface area (Å²) in [5.41, 5.74) is 3.24. The smallest absolute Gasteiger partial charge is 0.137 e. The first kappa shape index (κ1) is 8.17. The SMILES string of the molecule is c1cnc2[nH]cc(-c3ccncc3)c2c1. The third-order valence-electron chi connectivity index (χ3n) is 2.44. The standard InChI is InChI=1S/C12H9N3/c1-2-10-11(8-15-12(10)14-5-1)9-3-6-13-7-4-9/h1-8H,(H,14,15). The average molecular weight is 195 g/mol. The van der Waals surface area contributed by atoms with E-state index in [-0.39, 0.29) is 0 Å². The fourth-order valence-electron chi connectivity index (χ4n) is 1.73. The van der Waals surface area contributed by atoms with Gasteiger partial charge in [-0.1, -0.05) is 0 Å². The Kier molecular flexibility index (Phi) is 1.75. The van der Waals surface area contributed by atoms with Crippen LogP contribution in [-0.4, -0.2) is 15.0 Å². The summed E-state index contributed by atoms with van der Waals surface area (Å²) in [4.78, 5) is 11.4. The molecule has 3 nitrogen and oxygen atoms in total. The van der Waals surface area contributed by atoms with Gasteiger partial charge in [-0.15, -0.1) is 0 Å². The van der Waals surface area contributed by atoms with Gasteiger partial charge >= 0.3 is 0 Å². The van der Waals surface area contributed by atoms with E-state index in [4.69, 9.17) is 0 Å². The molecule has 3 aromatic rings. The molecule has 0 spiro atoms. The van der Waals surface area contributed by atoms with E-state index in [0.717, 1.165) is 16.6 Å². The number of rotatable bonds is 1. The molecule has 0 bridgehead atoms. The van der Waals surface area contributed by atoms with Crippen molar-refractivity contribution >= 4 is 11.0 Å². The lowest BCUT2D eigenvalue weighted by atomic mass is 10.1. The second-order valence-electron chi connectivity index (χ2n) is 3.34. The number of fused-ring (bicyclic) bond motifs is 1. The predicted molar refractivity (Wildman–Crippen MR) is 59.3 cm³/mol. The first-order valence-electron chi connectivity index (χ1n) is 4.77. The molecule has 3 heterocycles. The third kappa shape index (κ3) is 1.29. The molecule has 0 saturated carbocycles. The van der Waals surface area contributed by atoms with E-state index in [0.29, 0.717) is 0 Å². The summed E-state index contributed by atoms with van der Waals surface area (Å²) in [6.45, 7) is 0. The van der Waals surface area contributed by atoms with Crippen LogP contribution in [0.1, 0.15) is 0 Å². The minimum absolute atomic E-state index is 0.921. The maximum absolute atomic E-state index is 4.26. The van der Waals surface area contributed by atoms with Gasteiger partial charge in [0.2, 0.25) is 0 Å².